The molecule has 80 valence electrons. The van der Waals surface area contributed by atoms with E-state index < -0.39 is 5.91 Å². The molecule has 0 aliphatic rings. The number of nitrogens with one attached hydrogen (secondary N) is 1. The maximum Gasteiger partial charge on any atom is 0.255 e. The Morgan fingerprint density at radius 1 is 1.47 bits per heavy atom. The molecule has 0 fully saturated rings. The summed E-state index contributed by atoms with van der Waals surface area (Å²) in [5.41, 5.74) is 5.30. The Kier molecular flexibility index (Phi) is 3.50. The smallest absolute Gasteiger partial charge is 0.255 e. The topological polar surface area (TPSA) is 108 Å². The Morgan fingerprint density at radius 3 is 2.73 bits per heavy atom. The van der Waals surface area contributed by atoms with E-state index in [9.17, 15) is 9.90 Å². The average molecular weight is 209 g/mol. The standard InChI is InChI=1S/C9H11N3O3/c10-8(12-15)5-11-9(14)6-3-1-2-4-7(6)13/h1-4,13,15H,5H2,(H2,10,12)(H,11,14). The molecule has 0 radical (unpaired) electrons. The number of amides is 1. The zero-order chi connectivity index (χ0) is 11.3. The fourth-order valence-electron chi connectivity index (χ4n) is 0.967. The second-order valence-corrected chi connectivity index (χ2v) is 2.79. The van der Waals surface area contributed by atoms with Gasteiger partial charge in [-0.15, -0.1) is 0 Å². The molecule has 0 aliphatic carbocycles. The van der Waals surface area contributed by atoms with Crippen molar-refractivity contribution in [2.75, 3.05) is 6.54 Å². The average Bonchev–Trinajstić information content (AvgIpc) is 2.26. The molecule has 1 amide bonds. The third-order valence-corrected chi connectivity index (χ3v) is 1.71. The van der Waals surface area contributed by atoms with E-state index in [1.807, 2.05) is 0 Å². The minimum Gasteiger partial charge on any atom is -0.507 e. The van der Waals surface area contributed by atoms with Crippen molar-refractivity contribution < 1.29 is 15.1 Å². The number of hydrogen-bond donors (Lipinski definition) is 4. The third-order valence-electron chi connectivity index (χ3n) is 1.71. The number of carbonyl (C=O) groups is 1. The number of para-hydroxylation sites is 1. The zero-order valence-corrected chi connectivity index (χ0v) is 7.84. The van der Waals surface area contributed by atoms with Crippen LogP contribution in [0.1, 0.15) is 10.4 Å². The summed E-state index contributed by atoms with van der Waals surface area (Å²) in [6.45, 7) is -0.0797. The minimum atomic E-state index is -0.486. The Labute approximate surface area is 86.0 Å². The number of amidine groups is 1. The van der Waals surface area contributed by atoms with E-state index in [2.05, 4.69) is 10.5 Å². The summed E-state index contributed by atoms with van der Waals surface area (Å²) in [6, 6.07) is 6.10. The molecule has 0 spiro atoms. The van der Waals surface area contributed by atoms with Gasteiger partial charge in [0.15, 0.2) is 5.84 Å². The number of hydrogen-bond acceptors (Lipinski definition) is 4. The molecular weight excluding hydrogens is 198 g/mol. The summed E-state index contributed by atoms with van der Waals surface area (Å²) in [5.74, 6) is -0.715. The second-order valence-electron chi connectivity index (χ2n) is 2.79. The number of aromatic hydroxyl groups is 1. The van der Waals surface area contributed by atoms with Crippen molar-refractivity contribution in [3.05, 3.63) is 29.8 Å². The van der Waals surface area contributed by atoms with Crippen molar-refractivity contribution in [2.24, 2.45) is 10.9 Å². The van der Waals surface area contributed by atoms with Crippen LogP contribution >= 0.6 is 0 Å². The van der Waals surface area contributed by atoms with E-state index in [-0.39, 0.29) is 23.7 Å². The minimum absolute atomic E-state index is 0.0797. The van der Waals surface area contributed by atoms with E-state index in [4.69, 9.17) is 10.9 Å². The maximum atomic E-state index is 11.4. The predicted molar refractivity (Wildman–Crippen MR) is 53.8 cm³/mol. The number of carbonyl (C=O) groups excluding carboxylic acids is 1. The van der Waals surface area contributed by atoms with Crippen molar-refractivity contribution in [1.29, 1.82) is 0 Å². The van der Waals surface area contributed by atoms with Gasteiger partial charge in [-0.3, -0.25) is 4.79 Å². The van der Waals surface area contributed by atoms with Crippen LogP contribution in [0, 0.1) is 0 Å². The Balaban J connectivity index is 2.66. The zero-order valence-electron chi connectivity index (χ0n) is 7.84. The Bertz CT molecular complexity index is 390. The molecule has 1 aromatic rings. The van der Waals surface area contributed by atoms with E-state index >= 15 is 0 Å². The monoisotopic (exact) mass is 209 g/mol. The fraction of sp³-hybridized carbons (Fsp3) is 0.111. The van der Waals surface area contributed by atoms with Gasteiger partial charge in [-0.2, -0.15) is 0 Å². The van der Waals surface area contributed by atoms with Crippen LogP contribution in [0.2, 0.25) is 0 Å². The van der Waals surface area contributed by atoms with Crippen LogP contribution in [0.25, 0.3) is 0 Å². The Hall–Kier alpha value is -2.24. The highest BCUT2D eigenvalue weighted by atomic mass is 16.4. The van der Waals surface area contributed by atoms with Crippen LogP contribution in [0.15, 0.2) is 29.4 Å². The van der Waals surface area contributed by atoms with Gasteiger partial charge in [0.25, 0.3) is 5.91 Å². The number of rotatable bonds is 3. The first kappa shape index (κ1) is 10.8. The number of phenols is 1. The van der Waals surface area contributed by atoms with Crippen molar-refractivity contribution in [3.8, 4) is 5.75 Å². The lowest BCUT2D eigenvalue weighted by Gasteiger charge is -2.05. The molecule has 0 unspecified atom stereocenters. The fourth-order valence-corrected chi connectivity index (χ4v) is 0.967. The van der Waals surface area contributed by atoms with Crippen LogP contribution in [-0.2, 0) is 0 Å². The van der Waals surface area contributed by atoms with Gasteiger partial charge in [-0.25, -0.2) is 0 Å². The number of nitrogens with two attached hydrogens (primary N) is 1. The molecule has 1 rings (SSSR count). The number of nitrogens with zero attached hydrogens (tertiary/aromatic N) is 1. The van der Waals surface area contributed by atoms with Gasteiger partial charge < -0.3 is 21.4 Å². The highest BCUT2D eigenvalue weighted by Gasteiger charge is 2.09. The number of benzene rings is 1. The van der Waals surface area contributed by atoms with Gasteiger partial charge in [0.05, 0.1) is 12.1 Å². The molecule has 6 heteroatoms. The van der Waals surface area contributed by atoms with Crippen LogP contribution < -0.4 is 11.1 Å². The van der Waals surface area contributed by atoms with Crippen molar-refractivity contribution in [2.45, 2.75) is 0 Å². The Morgan fingerprint density at radius 2 is 2.13 bits per heavy atom. The van der Waals surface area contributed by atoms with Gasteiger partial charge in [-0.1, -0.05) is 17.3 Å². The van der Waals surface area contributed by atoms with Gasteiger partial charge in [-0.05, 0) is 12.1 Å². The van der Waals surface area contributed by atoms with Crippen LogP contribution in [0.4, 0.5) is 0 Å². The molecule has 15 heavy (non-hydrogen) atoms. The summed E-state index contributed by atoms with van der Waals surface area (Å²) in [5, 5.41) is 22.6. The summed E-state index contributed by atoms with van der Waals surface area (Å²) >= 11 is 0. The van der Waals surface area contributed by atoms with Crippen molar-refractivity contribution >= 4 is 11.7 Å². The van der Waals surface area contributed by atoms with Gasteiger partial charge in [0.2, 0.25) is 0 Å². The molecule has 0 bridgehead atoms. The lowest BCUT2D eigenvalue weighted by molar-refractivity contribution is 0.0956. The molecule has 0 aromatic heterocycles. The number of phenolic OH excluding ortho intramolecular Hbond substituents is 1. The molecule has 5 N–H and O–H groups in total. The van der Waals surface area contributed by atoms with Gasteiger partial charge in [0.1, 0.15) is 5.75 Å². The van der Waals surface area contributed by atoms with Gasteiger partial charge >= 0.3 is 0 Å². The molecule has 0 saturated carbocycles. The molecular formula is C9H11N3O3. The van der Waals surface area contributed by atoms with E-state index in [0.29, 0.717) is 0 Å². The van der Waals surface area contributed by atoms with E-state index in [1.54, 1.807) is 12.1 Å². The normalized spacial score (nSPS) is 11.1. The molecule has 0 aliphatic heterocycles. The van der Waals surface area contributed by atoms with Crippen molar-refractivity contribution in [1.82, 2.24) is 5.32 Å². The predicted octanol–water partition coefficient (Wildman–Crippen LogP) is -0.132. The second kappa shape index (κ2) is 4.85. The molecule has 6 nitrogen and oxygen atoms in total. The van der Waals surface area contributed by atoms with Crippen LogP contribution in [0.5, 0.6) is 5.75 Å². The molecule has 0 heterocycles. The lowest BCUT2D eigenvalue weighted by Crippen LogP contribution is -2.33. The summed E-state index contributed by atoms with van der Waals surface area (Å²) in [4.78, 5) is 11.4. The largest absolute Gasteiger partial charge is 0.507 e. The van der Waals surface area contributed by atoms with Crippen LogP contribution in [-0.4, -0.2) is 28.6 Å². The maximum absolute atomic E-state index is 11.4. The number of oxime groups is 1. The third kappa shape index (κ3) is 2.87. The first-order valence-electron chi connectivity index (χ1n) is 4.17. The highest BCUT2D eigenvalue weighted by molar-refractivity contribution is 5.98. The van der Waals surface area contributed by atoms with E-state index in [0.717, 1.165) is 0 Å². The highest BCUT2D eigenvalue weighted by Crippen LogP contribution is 2.14. The molecule has 0 atom stereocenters. The summed E-state index contributed by atoms with van der Waals surface area (Å²) in [6.07, 6.45) is 0. The van der Waals surface area contributed by atoms with Crippen LogP contribution in [0.3, 0.4) is 0 Å². The first-order chi connectivity index (χ1) is 7.15. The first-order valence-corrected chi connectivity index (χ1v) is 4.17. The van der Waals surface area contributed by atoms with Crippen molar-refractivity contribution in [3.63, 3.8) is 0 Å². The quantitative estimate of drug-likeness (QED) is 0.240. The SMILES string of the molecule is N/C(CNC(=O)c1ccccc1O)=N\O. The summed E-state index contributed by atoms with van der Waals surface area (Å²) < 4.78 is 0. The molecule has 1 aromatic carbocycles. The lowest BCUT2D eigenvalue weighted by atomic mass is 10.2. The van der Waals surface area contributed by atoms with Gasteiger partial charge in [0, 0.05) is 0 Å². The van der Waals surface area contributed by atoms with E-state index in [1.165, 1.54) is 12.1 Å². The molecule has 0 saturated heterocycles. The summed E-state index contributed by atoms with van der Waals surface area (Å²) in [7, 11) is 0.